The first-order chi connectivity index (χ1) is 12.5. The Morgan fingerprint density at radius 3 is 2.73 bits per heavy atom. The molecule has 0 aliphatic carbocycles. The van der Waals surface area contributed by atoms with Gasteiger partial charge < -0.3 is 14.5 Å². The van der Waals surface area contributed by atoms with E-state index in [4.69, 9.17) is 9.15 Å². The molecular formula is C17H24N4O4S. The number of hydrogen-bond donors (Lipinski definition) is 1. The number of ether oxygens (including phenoxy) is 1. The summed E-state index contributed by atoms with van der Waals surface area (Å²) in [4.78, 5) is 24.2. The first kappa shape index (κ1) is 20.0. The quantitative estimate of drug-likeness (QED) is 0.526. The second-order valence-corrected chi connectivity index (χ2v) is 6.71. The van der Waals surface area contributed by atoms with E-state index >= 15 is 0 Å². The molecule has 2 heterocycles. The summed E-state index contributed by atoms with van der Waals surface area (Å²) in [5, 5.41) is 11.7. The van der Waals surface area contributed by atoms with Crippen molar-refractivity contribution in [1.29, 1.82) is 0 Å². The first-order valence-corrected chi connectivity index (χ1v) is 9.47. The third-order valence-electron chi connectivity index (χ3n) is 4.09. The van der Waals surface area contributed by atoms with Crippen LogP contribution in [0, 0.1) is 5.92 Å². The first-order valence-electron chi connectivity index (χ1n) is 8.48. The molecule has 2 rings (SSSR count). The predicted octanol–water partition coefficient (Wildman–Crippen LogP) is 2.35. The molecule has 26 heavy (non-hydrogen) atoms. The molecule has 1 amide bonds. The zero-order valence-corrected chi connectivity index (χ0v) is 16.2. The lowest BCUT2D eigenvalue weighted by Crippen LogP contribution is -2.46. The van der Waals surface area contributed by atoms with Gasteiger partial charge in [0, 0.05) is 6.54 Å². The van der Waals surface area contributed by atoms with Gasteiger partial charge in [0.2, 0.25) is 5.91 Å². The van der Waals surface area contributed by atoms with E-state index in [9.17, 15) is 9.59 Å². The second-order valence-electron chi connectivity index (χ2n) is 5.77. The van der Waals surface area contributed by atoms with Crippen LogP contribution in [0.5, 0.6) is 0 Å². The fraction of sp³-hybridized carbons (Fsp3) is 0.529. The van der Waals surface area contributed by atoms with Crippen molar-refractivity contribution >= 4 is 23.6 Å². The van der Waals surface area contributed by atoms with Gasteiger partial charge in [-0.2, -0.15) is 0 Å². The van der Waals surface area contributed by atoms with Crippen LogP contribution < -0.4 is 5.32 Å². The molecule has 0 saturated heterocycles. The van der Waals surface area contributed by atoms with Crippen LogP contribution in [0.25, 0.3) is 11.6 Å². The lowest BCUT2D eigenvalue weighted by atomic mass is 9.99. The topological polar surface area (TPSA) is 99.3 Å². The number of hydrogen-bond acceptors (Lipinski definition) is 7. The van der Waals surface area contributed by atoms with Crippen LogP contribution >= 0.6 is 11.8 Å². The van der Waals surface area contributed by atoms with Crippen molar-refractivity contribution < 1.29 is 18.7 Å². The van der Waals surface area contributed by atoms with E-state index in [1.54, 1.807) is 12.3 Å². The smallest absolute Gasteiger partial charge is 0.328 e. The number of methoxy groups -OCH3 is 1. The third kappa shape index (κ3) is 4.66. The Morgan fingerprint density at radius 2 is 2.15 bits per heavy atom. The molecule has 0 aliphatic heterocycles. The molecule has 8 nitrogen and oxygen atoms in total. The maximum atomic E-state index is 12.3. The maximum absolute atomic E-state index is 12.3. The number of amides is 1. The summed E-state index contributed by atoms with van der Waals surface area (Å²) in [7, 11) is 1.32. The molecule has 2 aromatic rings. The van der Waals surface area contributed by atoms with Crippen molar-refractivity contribution in [2.75, 3.05) is 12.9 Å². The Kier molecular flexibility index (Phi) is 7.26. The minimum Gasteiger partial charge on any atom is -0.467 e. The number of furan rings is 1. The van der Waals surface area contributed by atoms with Crippen molar-refractivity contribution in [1.82, 2.24) is 20.1 Å². The van der Waals surface area contributed by atoms with Crippen LogP contribution in [0.4, 0.5) is 0 Å². The molecule has 0 bridgehead atoms. The van der Waals surface area contributed by atoms with Gasteiger partial charge in [-0.1, -0.05) is 32.0 Å². The van der Waals surface area contributed by atoms with E-state index < -0.39 is 12.0 Å². The monoisotopic (exact) mass is 380 g/mol. The third-order valence-corrected chi connectivity index (χ3v) is 5.06. The normalized spacial score (nSPS) is 13.2. The van der Waals surface area contributed by atoms with Gasteiger partial charge in [0.15, 0.2) is 16.7 Å². The summed E-state index contributed by atoms with van der Waals surface area (Å²) in [6.07, 6.45) is 2.33. The molecule has 0 aromatic carbocycles. The summed E-state index contributed by atoms with van der Waals surface area (Å²) in [5.74, 6) is 0.664. The Labute approximate surface area is 156 Å². The number of esters is 1. The molecule has 2 unspecified atom stereocenters. The molecule has 2 atom stereocenters. The molecular weight excluding hydrogens is 356 g/mol. The lowest BCUT2D eigenvalue weighted by Gasteiger charge is -2.21. The van der Waals surface area contributed by atoms with Crippen molar-refractivity contribution in [2.45, 2.75) is 44.9 Å². The van der Waals surface area contributed by atoms with E-state index in [0.717, 1.165) is 6.42 Å². The molecule has 0 fully saturated rings. The molecule has 2 aromatic heterocycles. The van der Waals surface area contributed by atoms with Crippen LogP contribution in [0.15, 0.2) is 28.0 Å². The van der Waals surface area contributed by atoms with Crippen molar-refractivity contribution in [3.63, 3.8) is 0 Å². The highest BCUT2D eigenvalue weighted by Gasteiger charge is 2.27. The molecule has 0 radical (unpaired) electrons. The van der Waals surface area contributed by atoms with Gasteiger partial charge in [0.05, 0.1) is 19.1 Å². The van der Waals surface area contributed by atoms with E-state index in [2.05, 4.69) is 15.5 Å². The van der Waals surface area contributed by atoms with Crippen LogP contribution in [0.3, 0.4) is 0 Å². The Balaban J connectivity index is 2.02. The van der Waals surface area contributed by atoms with Crippen molar-refractivity contribution in [3.8, 4) is 11.6 Å². The van der Waals surface area contributed by atoms with Gasteiger partial charge in [-0.3, -0.25) is 9.36 Å². The van der Waals surface area contributed by atoms with Crippen LogP contribution in [0.2, 0.25) is 0 Å². The number of nitrogens with zero attached hydrogens (tertiary/aromatic N) is 3. The van der Waals surface area contributed by atoms with Crippen LogP contribution in [0.1, 0.15) is 27.2 Å². The summed E-state index contributed by atoms with van der Waals surface area (Å²) in [6, 6.07) is 2.94. The Hall–Kier alpha value is -2.29. The largest absolute Gasteiger partial charge is 0.467 e. The zero-order valence-electron chi connectivity index (χ0n) is 15.4. The van der Waals surface area contributed by atoms with Crippen molar-refractivity contribution in [2.24, 2.45) is 5.92 Å². The Morgan fingerprint density at radius 1 is 1.38 bits per heavy atom. The standard InChI is InChI=1S/C17H24N4O4S/c1-5-11(3)14(16(23)24-4)18-13(22)10-26-17-20-19-15(21(17)6-2)12-8-7-9-25-12/h7-9,11,14H,5-6,10H2,1-4H3,(H,18,22). The average molecular weight is 380 g/mol. The molecule has 0 aliphatic rings. The minimum atomic E-state index is -0.652. The van der Waals surface area contributed by atoms with Crippen molar-refractivity contribution in [3.05, 3.63) is 18.4 Å². The van der Waals surface area contributed by atoms with E-state index in [0.29, 0.717) is 23.3 Å². The minimum absolute atomic E-state index is 0.0127. The molecule has 0 saturated carbocycles. The number of carbonyl (C=O) groups is 2. The van der Waals surface area contributed by atoms with Gasteiger partial charge in [0.25, 0.3) is 0 Å². The zero-order chi connectivity index (χ0) is 19.1. The Bertz CT molecular complexity index is 729. The van der Waals surface area contributed by atoms with E-state index in [1.807, 2.05) is 31.4 Å². The van der Waals surface area contributed by atoms with Crippen LogP contribution in [-0.4, -0.2) is 45.5 Å². The van der Waals surface area contributed by atoms with Gasteiger partial charge in [-0.15, -0.1) is 10.2 Å². The fourth-order valence-electron chi connectivity index (χ4n) is 2.41. The van der Waals surface area contributed by atoms with Gasteiger partial charge in [-0.25, -0.2) is 4.79 Å². The fourth-order valence-corrected chi connectivity index (χ4v) is 3.22. The second kappa shape index (κ2) is 9.42. The van der Waals surface area contributed by atoms with E-state index in [-0.39, 0.29) is 17.6 Å². The molecule has 9 heteroatoms. The highest BCUT2D eigenvalue weighted by molar-refractivity contribution is 7.99. The predicted molar refractivity (Wildman–Crippen MR) is 97.5 cm³/mol. The lowest BCUT2D eigenvalue weighted by molar-refractivity contribution is -0.146. The van der Waals surface area contributed by atoms with Gasteiger partial charge >= 0.3 is 5.97 Å². The van der Waals surface area contributed by atoms with Crippen LogP contribution in [-0.2, 0) is 20.9 Å². The number of nitrogens with one attached hydrogen (secondary N) is 1. The summed E-state index contributed by atoms with van der Waals surface area (Å²) >= 11 is 1.26. The number of carbonyl (C=O) groups excluding carboxylic acids is 2. The molecule has 142 valence electrons. The molecule has 1 N–H and O–H groups in total. The number of thioether (sulfide) groups is 1. The van der Waals surface area contributed by atoms with E-state index in [1.165, 1.54) is 18.9 Å². The number of aromatic nitrogens is 3. The van der Waals surface area contributed by atoms with Gasteiger partial charge in [-0.05, 0) is 25.0 Å². The summed E-state index contributed by atoms with van der Waals surface area (Å²) < 4.78 is 12.0. The highest BCUT2D eigenvalue weighted by atomic mass is 32.2. The van der Waals surface area contributed by atoms with Gasteiger partial charge in [0.1, 0.15) is 6.04 Å². The summed E-state index contributed by atoms with van der Waals surface area (Å²) in [5.41, 5.74) is 0. The SMILES string of the molecule is CCC(C)C(NC(=O)CSc1nnc(-c2ccco2)n1CC)C(=O)OC. The summed E-state index contributed by atoms with van der Waals surface area (Å²) in [6.45, 7) is 6.47. The highest BCUT2D eigenvalue weighted by Crippen LogP contribution is 2.24. The number of rotatable bonds is 9. The molecule has 0 spiro atoms. The maximum Gasteiger partial charge on any atom is 0.328 e. The average Bonchev–Trinajstić information content (AvgIpc) is 3.31.